The molecule has 0 spiro atoms. The van der Waals surface area contributed by atoms with Crippen LogP contribution < -0.4 is 9.03 Å². The van der Waals surface area contributed by atoms with E-state index in [0.717, 1.165) is 27.2 Å². The summed E-state index contributed by atoms with van der Waals surface area (Å²) in [5, 5.41) is 28.5. The van der Waals surface area contributed by atoms with Gasteiger partial charge in [-0.1, -0.05) is 30.3 Å². The first-order valence-corrected chi connectivity index (χ1v) is 8.83. The number of aliphatic hydroxyl groups excluding tert-OH is 1. The average Bonchev–Trinajstić information content (AvgIpc) is 2.82. The van der Waals surface area contributed by atoms with E-state index in [2.05, 4.69) is 6.07 Å². The number of nitrogens with zero attached hydrogens (tertiary/aromatic N) is 2. The lowest BCUT2D eigenvalue weighted by atomic mass is 9.98. The van der Waals surface area contributed by atoms with Gasteiger partial charge in [-0.05, 0) is 35.2 Å². The van der Waals surface area contributed by atoms with Gasteiger partial charge in [0.2, 0.25) is 5.88 Å². The monoisotopic (exact) mass is 357 g/mol. The molecule has 3 rings (SSSR count). The maximum Gasteiger partial charge on any atom is 0.330 e. The highest BCUT2D eigenvalue weighted by Crippen LogP contribution is 2.33. The van der Waals surface area contributed by atoms with Crippen LogP contribution in [-0.2, 0) is 23.1 Å². The molecule has 0 atom stereocenters. The number of aliphatic hydroxyl groups is 1. The van der Waals surface area contributed by atoms with Gasteiger partial charge in [-0.3, -0.25) is 0 Å². The van der Waals surface area contributed by atoms with Gasteiger partial charge < -0.3 is 10.2 Å². The van der Waals surface area contributed by atoms with Gasteiger partial charge in [-0.2, -0.15) is 13.7 Å². The Kier molecular flexibility index (Phi) is 4.25. The molecule has 128 valence electrons. The van der Waals surface area contributed by atoms with E-state index in [0.29, 0.717) is 12.8 Å². The topological polar surface area (TPSA) is 114 Å². The number of aromatic hydroxyl groups is 1. The number of nitrogens with one attached hydrogen (secondary N) is 1. The fourth-order valence-corrected chi connectivity index (χ4v) is 3.73. The smallest absolute Gasteiger partial charge is 0.330 e. The SMILES string of the molecule is N#CCc1ccccc1Cc1ccc(N2C=C(O)NS2(=O)=O)c(O)c1. The van der Waals surface area contributed by atoms with Gasteiger partial charge in [-0.15, -0.1) is 0 Å². The average molecular weight is 357 g/mol. The van der Waals surface area contributed by atoms with Crippen LogP contribution in [0.1, 0.15) is 16.7 Å². The highest BCUT2D eigenvalue weighted by Gasteiger charge is 2.30. The van der Waals surface area contributed by atoms with E-state index in [1.54, 1.807) is 6.07 Å². The van der Waals surface area contributed by atoms with Crippen molar-refractivity contribution in [2.45, 2.75) is 12.8 Å². The number of hydrogen-bond acceptors (Lipinski definition) is 5. The summed E-state index contributed by atoms with van der Waals surface area (Å²) in [5.74, 6) is -0.750. The minimum Gasteiger partial charge on any atom is -0.506 e. The van der Waals surface area contributed by atoms with Crippen LogP contribution in [0.5, 0.6) is 5.75 Å². The fraction of sp³-hybridized carbons (Fsp3) is 0.118. The summed E-state index contributed by atoms with van der Waals surface area (Å²) in [6.45, 7) is 0. The Hall–Kier alpha value is -3.18. The molecule has 0 amide bonds. The van der Waals surface area contributed by atoms with E-state index < -0.39 is 16.1 Å². The van der Waals surface area contributed by atoms with Gasteiger partial charge >= 0.3 is 10.2 Å². The second kappa shape index (κ2) is 6.37. The van der Waals surface area contributed by atoms with Crippen molar-refractivity contribution >= 4 is 15.9 Å². The van der Waals surface area contributed by atoms with Crippen molar-refractivity contribution in [2.24, 2.45) is 0 Å². The number of phenols is 1. The second-order valence-electron chi connectivity index (χ2n) is 5.52. The maximum absolute atomic E-state index is 11.9. The standard InChI is InChI=1S/C17H15N3O4S/c18-8-7-13-3-1-2-4-14(13)9-12-5-6-15(16(21)10-12)20-11-17(22)19-25(20,23)24/h1-6,10-11,19,21-22H,7,9H2. The molecule has 3 N–H and O–H groups in total. The minimum absolute atomic E-state index is 0.0330. The number of rotatable bonds is 4. The van der Waals surface area contributed by atoms with Crippen LogP contribution >= 0.6 is 0 Å². The summed E-state index contributed by atoms with van der Waals surface area (Å²) in [4.78, 5) is 0. The maximum atomic E-state index is 11.9. The Bertz CT molecular complexity index is 993. The van der Waals surface area contributed by atoms with E-state index in [-0.39, 0.29) is 11.4 Å². The summed E-state index contributed by atoms with van der Waals surface area (Å²) in [6.07, 6.45) is 1.77. The molecular weight excluding hydrogens is 342 g/mol. The lowest BCUT2D eigenvalue weighted by Gasteiger charge is -2.16. The van der Waals surface area contributed by atoms with Crippen molar-refractivity contribution in [3.05, 3.63) is 71.2 Å². The first-order valence-electron chi connectivity index (χ1n) is 7.39. The Labute approximate surface area is 145 Å². The lowest BCUT2D eigenvalue weighted by Crippen LogP contribution is -2.29. The summed E-state index contributed by atoms with van der Waals surface area (Å²) < 4.78 is 26.4. The normalized spacial score (nSPS) is 15.3. The van der Waals surface area contributed by atoms with E-state index >= 15 is 0 Å². The predicted molar refractivity (Wildman–Crippen MR) is 91.9 cm³/mol. The molecular formula is C17H15N3O4S. The number of nitriles is 1. The molecule has 2 aromatic carbocycles. The fourth-order valence-electron chi connectivity index (χ4n) is 2.66. The molecule has 0 unspecified atom stereocenters. The zero-order valence-corrected chi connectivity index (χ0v) is 13.9. The summed E-state index contributed by atoms with van der Waals surface area (Å²) in [7, 11) is -3.95. The van der Waals surface area contributed by atoms with Gasteiger partial charge in [-0.25, -0.2) is 9.03 Å². The van der Waals surface area contributed by atoms with E-state index in [9.17, 15) is 18.6 Å². The Balaban J connectivity index is 1.90. The largest absolute Gasteiger partial charge is 0.506 e. The van der Waals surface area contributed by atoms with E-state index in [4.69, 9.17) is 5.26 Å². The van der Waals surface area contributed by atoms with Crippen molar-refractivity contribution in [3.63, 3.8) is 0 Å². The summed E-state index contributed by atoms with van der Waals surface area (Å²) >= 11 is 0. The number of benzene rings is 2. The van der Waals surface area contributed by atoms with Gasteiger partial charge in [0.05, 0.1) is 18.7 Å². The molecule has 1 heterocycles. The van der Waals surface area contributed by atoms with Crippen LogP contribution in [-0.4, -0.2) is 18.6 Å². The minimum atomic E-state index is -3.95. The molecule has 7 nitrogen and oxygen atoms in total. The third-order valence-electron chi connectivity index (χ3n) is 3.79. The molecule has 25 heavy (non-hydrogen) atoms. The van der Waals surface area contributed by atoms with E-state index in [1.807, 2.05) is 29.0 Å². The van der Waals surface area contributed by atoms with Crippen molar-refractivity contribution in [2.75, 3.05) is 4.31 Å². The van der Waals surface area contributed by atoms with Crippen LogP contribution in [0.3, 0.4) is 0 Å². The zero-order valence-electron chi connectivity index (χ0n) is 13.0. The van der Waals surface area contributed by atoms with Crippen molar-refractivity contribution in [1.29, 1.82) is 5.26 Å². The molecule has 0 radical (unpaired) electrons. The van der Waals surface area contributed by atoms with Crippen LogP contribution in [0.25, 0.3) is 0 Å². The first kappa shape index (κ1) is 16.7. The molecule has 0 bridgehead atoms. The Morgan fingerprint density at radius 2 is 1.84 bits per heavy atom. The molecule has 8 heteroatoms. The number of phenolic OH excluding ortho intramolecular Hbond substituents is 1. The Morgan fingerprint density at radius 1 is 1.12 bits per heavy atom. The first-order chi connectivity index (χ1) is 11.9. The second-order valence-corrected chi connectivity index (χ2v) is 7.07. The number of hydrogen-bond donors (Lipinski definition) is 3. The molecule has 1 aliphatic heterocycles. The molecule has 2 aromatic rings. The van der Waals surface area contributed by atoms with Crippen LogP contribution in [0.4, 0.5) is 5.69 Å². The van der Waals surface area contributed by atoms with E-state index in [1.165, 1.54) is 12.1 Å². The van der Waals surface area contributed by atoms with Crippen LogP contribution in [0.15, 0.2) is 54.5 Å². The molecule has 1 aliphatic rings. The van der Waals surface area contributed by atoms with Crippen LogP contribution in [0, 0.1) is 11.3 Å². The predicted octanol–water partition coefficient (Wildman–Crippen LogP) is 2.06. The molecule has 0 aliphatic carbocycles. The van der Waals surface area contributed by atoms with Gasteiger partial charge in [0.1, 0.15) is 11.4 Å². The van der Waals surface area contributed by atoms with Crippen molar-refractivity contribution in [1.82, 2.24) is 4.72 Å². The highest BCUT2D eigenvalue weighted by atomic mass is 32.2. The van der Waals surface area contributed by atoms with Crippen molar-refractivity contribution in [3.8, 4) is 11.8 Å². The Morgan fingerprint density at radius 3 is 2.44 bits per heavy atom. The van der Waals surface area contributed by atoms with Gasteiger partial charge in [0.25, 0.3) is 0 Å². The van der Waals surface area contributed by atoms with Crippen LogP contribution in [0.2, 0.25) is 0 Å². The van der Waals surface area contributed by atoms with Gasteiger partial charge in [0, 0.05) is 0 Å². The lowest BCUT2D eigenvalue weighted by molar-refractivity contribution is 0.392. The molecule has 0 saturated heterocycles. The summed E-state index contributed by atoms with van der Waals surface area (Å²) in [5.41, 5.74) is 2.67. The van der Waals surface area contributed by atoms with Gasteiger partial charge in [0.15, 0.2) is 0 Å². The third kappa shape index (κ3) is 3.36. The molecule has 0 fully saturated rings. The molecule has 0 saturated carbocycles. The molecule has 0 aromatic heterocycles. The third-order valence-corrected chi connectivity index (χ3v) is 5.08. The highest BCUT2D eigenvalue weighted by molar-refractivity contribution is 7.91. The summed E-state index contributed by atoms with van der Waals surface area (Å²) in [6, 6.07) is 14.3. The number of anilines is 1. The van der Waals surface area contributed by atoms with Crippen molar-refractivity contribution < 1.29 is 18.6 Å². The quantitative estimate of drug-likeness (QED) is 0.775. The zero-order chi connectivity index (χ0) is 18.0.